The van der Waals surface area contributed by atoms with Gasteiger partial charge in [-0.1, -0.05) is 140 Å². The van der Waals surface area contributed by atoms with Crippen LogP contribution in [0.15, 0.2) is 188 Å². The third kappa shape index (κ3) is 4.45. The zero-order valence-electron chi connectivity index (χ0n) is 27.3. The van der Waals surface area contributed by atoms with Crippen molar-refractivity contribution in [3.63, 3.8) is 0 Å². The van der Waals surface area contributed by atoms with Crippen LogP contribution in [0, 0.1) is 0 Å². The predicted octanol–water partition coefficient (Wildman–Crippen LogP) is 11.3. The van der Waals surface area contributed by atoms with Crippen LogP contribution >= 0.6 is 0 Å². The average molecular weight is 639 g/mol. The number of benzene rings is 7. The number of fused-ring (bicyclic) bond motifs is 9. The van der Waals surface area contributed by atoms with Crippen molar-refractivity contribution >= 4 is 38.9 Å². The smallest absolute Gasteiger partial charge is 0.237 e. The van der Waals surface area contributed by atoms with Gasteiger partial charge >= 0.3 is 0 Å². The summed E-state index contributed by atoms with van der Waals surface area (Å²) in [5.41, 5.74) is 13.9. The first-order valence-corrected chi connectivity index (χ1v) is 17.1. The highest BCUT2D eigenvalue weighted by Crippen LogP contribution is 2.50. The number of hydrogen-bond acceptors (Lipinski definition) is 1. The van der Waals surface area contributed by atoms with Crippen LogP contribution < -0.4 is 4.90 Å². The molecule has 7 aromatic carbocycles. The third-order valence-electron chi connectivity index (χ3n) is 10.0. The lowest BCUT2D eigenvalue weighted by Gasteiger charge is -2.21. The fourth-order valence-electron chi connectivity index (χ4n) is 7.87. The summed E-state index contributed by atoms with van der Waals surface area (Å²) in [7, 11) is 0. The van der Waals surface area contributed by atoms with E-state index in [1.54, 1.807) is 0 Å². The lowest BCUT2D eigenvalue weighted by Crippen LogP contribution is -2.97. The van der Waals surface area contributed by atoms with Gasteiger partial charge in [0.15, 0.2) is 11.4 Å². The lowest BCUT2D eigenvalue weighted by molar-refractivity contribution is -0.683. The molecule has 9 aromatic rings. The first-order chi connectivity index (χ1) is 24.8. The van der Waals surface area contributed by atoms with Gasteiger partial charge in [-0.05, 0) is 46.8 Å². The Labute approximate surface area is 291 Å². The number of quaternary nitrogens is 1. The topological polar surface area (TPSA) is 22.3 Å². The fourth-order valence-corrected chi connectivity index (χ4v) is 7.87. The third-order valence-corrected chi connectivity index (χ3v) is 10.0. The molecule has 1 atom stereocenters. The van der Waals surface area contributed by atoms with Crippen LogP contribution in [-0.2, 0) is 0 Å². The van der Waals surface area contributed by atoms with Crippen molar-refractivity contribution in [2.45, 2.75) is 0 Å². The molecule has 10 rings (SSSR count). The van der Waals surface area contributed by atoms with Crippen LogP contribution in [0.3, 0.4) is 0 Å². The Morgan fingerprint density at radius 3 is 1.80 bits per heavy atom. The second-order valence-corrected chi connectivity index (χ2v) is 12.9. The van der Waals surface area contributed by atoms with Gasteiger partial charge in [0.05, 0.1) is 22.5 Å². The molecule has 3 heterocycles. The number of nitrogens with one attached hydrogen (secondary N) is 1. The molecule has 0 aliphatic carbocycles. The molecular formula is C47H32N3+. The average Bonchev–Trinajstić information content (AvgIpc) is 3.48. The van der Waals surface area contributed by atoms with Crippen LogP contribution in [0.1, 0.15) is 0 Å². The van der Waals surface area contributed by atoms with E-state index < -0.39 is 0 Å². The van der Waals surface area contributed by atoms with Crippen LogP contribution in [0.4, 0.5) is 17.2 Å². The molecule has 0 saturated heterocycles. The van der Waals surface area contributed by atoms with E-state index in [-0.39, 0.29) is 0 Å². The van der Waals surface area contributed by atoms with Gasteiger partial charge in [-0.15, -0.1) is 0 Å². The van der Waals surface area contributed by atoms with E-state index in [1.165, 1.54) is 61.0 Å². The molecule has 0 bridgehead atoms. The Balaban J connectivity index is 1.34. The zero-order chi connectivity index (χ0) is 33.0. The summed E-state index contributed by atoms with van der Waals surface area (Å²) in [6, 6.07) is 67.7. The van der Waals surface area contributed by atoms with E-state index in [4.69, 9.17) is 4.98 Å². The minimum absolute atomic E-state index is 0.955. The molecule has 0 spiro atoms. The van der Waals surface area contributed by atoms with Crippen LogP contribution in [-0.4, -0.2) is 9.55 Å². The van der Waals surface area contributed by atoms with Gasteiger partial charge in [-0.2, -0.15) is 4.98 Å². The summed E-state index contributed by atoms with van der Waals surface area (Å²) < 4.78 is 2.49. The van der Waals surface area contributed by atoms with Crippen molar-refractivity contribution in [2.24, 2.45) is 0 Å². The molecule has 1 unspecified atom stereocenters. The van der Waals surface area contributed by atoms with Crippen LogP contribution in [0.5, 0.6) is 0 Å². The van der Waals surface area contributed by atoms with Crippen molar-refractivity contribution in [2.75, 3.05) is 0 Å². The Bertz CT molecular complexity index is 2640. The standard InChI is InChI=1S/C47H31N3/c1-4-16-32(17-5-1)35-30-41(34-19-6-2-7-20-34)48-44(31-35)50-42-26-14-12-24-38(42)45-40-29-28-33-18-10-11-23-37(33)46(40)49(36-21-8-3-9-22-36)47(45)39-25-13-15-27-43(39)50/h1-31H/p+1. The monoisotopic (exact) mass is 638 g/mol. The van der Waals surface area contributed by atoms with Crippen molar-refractivity contribution in [1.82, 2.24) is 9.55 Å². The zero-order valence-corrected chi connectivity index (χ0v) is 27.3. The molecule has 1 aliphatic heterocycles. The number of para-hydroxylation sites is 3. The van der Waals surface area contributed by atoms with Crippen molar-refractivity contribution < 1.29 is 4.90 Å². The largest absolute Gasteiger partial charge is 0.308 e. The predicted molar refractivity (Wildman–Crippen MR) is 207 cm³/mol. The summed E-state index contributed by atoms with van der Waals surface area (Å²) in [5, 5.41) is 3.71. The number of pyridine rings is 1. The molecule has 0 radical (unpaired) electrons. The number of nitrogens with zero attached hydrogens (tertiary/aromatic N) is 2. The van der Waals surface area contributed by atoms with Gasteiger partial charge in [-0.25, -0.2) is 4.90 Å². The van der Waals surface area contributed by atoms with Gasteiger partial charge in [0.25, 0.3) is 0 Å². The molecular weight excluding hydrogens is 607 g/mol. The van der Waals surface area contributed by atoms with Gasteiger partial charge in [0.2, 0.25) is 5.82 Å². The van der Waals surface area contributed by atoms with Crippen molar-refractivity contribution in [3.05, 3.63) is 188 Å². The highest BCUT2D eigenvalue weighted by Gasteiger charge is 2.36. The Morgan fingerprint density at radius 1 is 0.440 bits per heavy atom. The van der Waals surface area contributed by atoms with Gasteiger partial charge in [0, 0.05) is 51.3 Å². The van der Waals surface area contributed by atoms with Gasteiger partial charge < -0.3 is 4.57 Å². The van der Waals surface area contributed by atoms with E-state index >= 15 is 0 Å². The first-order valence-electron chi connectivity index (χ1n) is 17.1. The maximum absolute atomic E-state index is 5.48. The Hall–Kier alpha value is -6.55. The fraction of sp³-hybridized carbons (Fsp3) is 0. The molecule has 1 aliphatic rings. The van der Waals surface area contributed by atoms with E-state index in [1.807, 2.05) is 0 Å². The number of rotatable bonds is 4. The number of aromatic nitrogens is 2. The molecule has 3 heteroatoms. The first kappa shape index (κ1) is 28.5. The second kappa shape index (κ2) is 11.6. The van der Waals surface area contributed by atoms with E-state index in [0.717, 1.165) is 33.2 Å². The Kier molecular flexibility index (Phi) is 6.58. The van der Waals surface area contributed by atoms with E-state index in [0.29, 0.717) is 0 Å². The minimum Gasteiger partial charge on any atom is -0.308 e. The van der Waals surface area contributed by atoms with Crippen molar-refractivity contribution in [1.29, 1.82) is 0 Å². The van der Waals surface area contributed by atoms with Crippen LogP contribution in [0.2, 0.25) is 0 Å². The Morgan fingerprint density at radius 2 is 1.04 bits per heavy atom. The van der Waals surface area contributed by atoms with Crippen molar-refractivity contribution in [3.8, 4) is 50.5 Å². The maximum Gasteiger partial charge on any atom is 0.237 e. The van der Waals surface area contributed by atoms with Gasteiger partial charge in [0.1, 0.15) is 0 Å². The lowest BCUT2D eigenvalue weighted by atomic mass is 9.97. The molecule has 50 heavy (non-hydrogen) atoms. The molecule has 1 N–H and O–H groups in total. The summed E-state index contributed by atoms with van der Waals surface area (Å²) >= 11 is 0. The summed E-state index contributed by atoms with van der Waals surface area (Å²) in [6.45, 7) is 0. The number of hydrogen-bond donors (Lipinski definition) is 1. The summed E-state index contributed by atoms with van der Waals surface area (Å²) in [4.78, 5) is 6.61. The van der Waals surface area contributed by atoms with E-state index in [2.05, 4.69) is 193 Å². The van der Waals surface area contributed by atoms with Gasteiger partial charge in [-0.3, -0.25) is 0 Å². The van der Waals surface area contributed by atoms with E-state index in [9.17, 15) is 0 Å². The molecule has 234 valence electrons. The quantitative estimate of drug-likeness (QED) is 0.204. The molecule has 0 amide bonds. The highest BCUT2D eigenvalue weighted by atomic mass is 15.2. The SMILES string of the molecule is c1ccc(-c2cc(-c3ccccc3)nc([NH+]3c4ccccc4-c4c(n(-c5ccccc5)c5c4ccc4ccccc45)-c4ccccc43)c2)cc1. The normalized spacial score (nSPS) is 13.4. The molecule has 0 saturated carbocycles. The maximum atomic E-state index is 5.48. The van der Waals surface area contributed by atoms with Crippen LogP contribution in [0.25, 0.3) is 72.1 Å². The molecule has 2 aromatic heterocycles. The molecule has 3 nitrogen and oxygen atoms in total. The second-order valence-electron chi connectivity index (χ2n) is 12.9. The summed E-state index contributed by atoms with van der Waals surface area (Å²) in [5.74, 6) is 0.955. The highest BCUT2D eigenvalue weighted by molar-refractivity contribution is 6.17. The minimum atomic E-state index is 0.955. The molecule has 0 fully saturated rings. The summed E-state index contributed by atoms with van der Waals surface area (Å²) in [6.07, 6.45) is 0.